The number of aromatic hydroxyl groups is 1. The zero-order valence-electron chi connectivity index (χ0n) is 20.3. The maximum Gasteiger partial charge on any atom is 0.335 e. The molecule has 4 aromatic rings. The van der Waals surface area contributed by atoms with E-state index < -0.39 is 27.2 Å². The van der Waals surface area contributed by atoms with Crippen LogP contribution in [0.4, 0.5) is 11.4 Å². The quantitative estimate of drug-likeness (QED) is 0.259. The highest BCUT2D eigenvalue weighted by molar-refractivity contribution is 9.10. The molecule has 0 aliphatic carbocycles. The summed E-state index contributed by atoms with van der Waals surface area (Å²) in [6.07, 6.45) is 1.11. The van der Waals surface area contributed by atoms with E-state index in [1.165, 1.54) is 24.3 Å². The lowest BCUT2D eigenvalue weighted by atomic mass is 10.2. The molecule has 0 saturated heterocycles. The summed E-state index contributed by atoms with van der Waals surface area (Å²) in [5.74, 6) is 0.0490. The van der Waals surface area contributed by atoms with Crippen LogP contribution < -0.4 is 20.7 Å². The van der Waals surface area contributed by atoms with E-state index in [0.717, 1.165) is 20.8 Å². The maximum atomic E-state index is 12.7. The number of hydrogen-bond acceptors (Lipinski definition) is 7. The first-order valence-corrected chi connectivity index (χ1v) is 13.6. The molecule has 0 radical (unpaired) electrons. The Bertz CT molecular complexity index is 1730. The van der Waals surface area contributed by atoms with Crippen molar-refractivity contribution in [3.05, 3.63) is 103 Å². The summed E-state index contributed by atoms with van der Waals surface area (Å²) in [4.78, 5) is 31.1. The number of anilines is 1. The maximum absolute atomic E-state index is 12.7. The number of benzene rings is 3. The van der Waals surface area contributed by atoms with Gasteiger partial charge in [-0.05, 0) is 86.1 Å². The molecular weight excluding hydrogens is 576 g/mol. The van der Waals surface area contributed by atoms with Gasteiger partial charge in [0.15, 0.2) is 0 Å². The lowest BCUT2D eigenvalue weighted by molar-refractivity contribution is 0.340. The van der Waals surface area contributed by atoms with Crippen LogP contribution in [0.3, 0.4) is 0 Å². The Hall–Kier alpha value is -4.16. The predicted molar refractivity (Wildman–Crippen MR) is 149 cm³/mol. The summed E-state index contributed by atoms with van der Waals surface area (Å²) in [6.45, 7) is 4.18. The van der Waals surface area contributed by atoms with Crippen LogP contribution in [0.1, 0.15) is 18.1 Å². The molecule has 3 aromatic carbocycles. The Morgan fingerprint density at radius 2 is 1.76 bits per heavy atom. The third kappa shape index (κ3) is 5.87. The van der Waals surface area contributed by atoms with Gasteiger partial charge in [-0.3, -0.25) is 19.5 Å². The number of nitrogens with one attached hydrogen (secondary N) is 2. The fraction of sp³-hybridized carbons (Fsp3) is 0.115. The summed E-state index contributed by atoms with van der Waals surface area (Å²) in [5.41, 5.74) is 0.0124. The lowest BCUT2D eigenvalue weighted by Gasteiger charge is -2.11. The number of sulfonamides is 1. The molecule has 0 fully saturated rings. The molecule has 38 heavy (non-hydrogen) atoms. The van der Waals surface area contributed by atoms with Gasteiger partial charge in [0, 0.05) is 16.4 Å². The minimum Gasteiger partial charge on any atom is -0.494 e. The van der Waals surface area contributed by atoms with Gasteiger partial charge in [-0.1, -0.05) is 15.9 Å². The second-order valence-electron chi connectivity index (χ2n) is 8.08. The van der Waals surface area contributed by atoms with E-state index in [9.17, 15) is 23.1 Å². The average molecular weight is 599 g/mol. The zero-order chi connectivity index (χ0) is 27.4. The molecule has 4 rings (SSSR count). The minimum atomic E-state index is -3.86. The third-order valence-electron chi connectivity index (χ3n) is 5.43. The Labute approximate surface area is 226 Å². The van der Waals surface area contributed by atoms with E-state index in [4.69, 9.17) is 4.74 Å². The minimum absolute atomic E-state index is 0.00480. The van der Waals surface area contributed by atoms with Gasteiger partial charge in [-0.25, -0.2) is 17.8 Å². The number of aromatic amines is 1. The Kier molecular flexibility index (Phi) is 7.83. The van der Waals surface area contributed by atoms with Crippen LogP contribution in [0.15, 0.2) is 90.7 Å². The summed E-state index contributed by atoms with van der Waals surface area (Å²) in [5, 5.41) is 10.7. The van der Waals surface area contributed by atoms with Crippen LogP contribution in [0.25, 0.3) is 5.69 Å². The molecule has 3 N–H and O–H groups in total. The van der Waals surface area contributed by atoms with Crippen LogP contribution in [0, 0.1) is 6.92 Å². The second kappa shape index (κ2) is 11.1. The van der Waals surface area contributed by atoms with Crippen molar-refractivity contribution in [2.45, 2.75) is 18.7 Å². The second-order valence-corrected chi connectivity index (χ2v) is 10.6. The summed E-state index contributed by atoms with van der Waals surface area (Å²) >= 11 is 3.38. The molecule has 12 heteroatoms. The largest absolute Gasteiger partial charge is 0.494 e. The van der Waals surface area contributed by atoms with Gasteiger partial charge in [0.05, 0.1) is 22.9 Å². The summed E-state index contributed by atoms with van der Waals surface area (Å²) in [6, 6.07) is 17.1. The van der Waals surface area contributed by atoms with Gasteiger partial charge >= 0.3 is 5.69 Å². The first-order chi connectivity index (χ1) is 18.1. The van der Waals surface area contributed by atoms with Crippen molar-refractivity contribution < 1.29 is 18.3 Å². The van der Waals surface area contributed by atoms with Gasteiger partial charge in [-0.15, -0.1) is 0 Å². The topological polar surface area (TPSA) is 143 Å². The van der Waals surface area contributed by atoms with Gasteiger partial charge in [-0.2, -0.15) is 0 Å². The van der Waals surface area contributed by atoms with E-state index in [0.29, 0.717) is 29.4 Å². The summed E-state index contributed by atoms with van der Waals surface area (Å²) < 4.78 is 35.1. The SMILES string of the molecule is CCOc1ccc(NS(=O)(=O)c2ccc(N=Cc3c(O)n(-c4ccc(Br)c(C)c4)c(=O)[nH]c3=O)cc2)cc1. The number of nitrogens with zero attached hydrogens (tertiary/aromatic N) is 2. The fourth-order valence-corrected chi connectivity index (χ4v) is 4.82. The number of rotatable bonds is 8. The van der Waals surface area contributed by atoms with Crippen LogP contribution in [0.5, 0.6) is 11.6 Å². The first kappa shape index (κ1) is 26.9. The highest BCUT2D eigenvalue weighted by atomic mass is 79.9. The highest BCUT2D eigenvalue weighted by Crippen LogP contribution is 2.24. The number of aryl methyl sites for hydroxylation is 1. The van der Waals surface area contributed by atoms with Crippen molar-refractivity contribution in [2.75, 3.05) is 11.3 Å². The fourth-order valence-electron chi connectivity index (χ4n) is 3.51. The molecule has 0 saturated carbocycles. The van der Waals surface area contributed by atoms with Crippen molar-refractivity contribution in [3.8, 4) is 17.3 Å². The van der Waals surface area contributed by atoms with E-state index in [-0.39, 0.29) is 10.5 Å². The van der Waals surface area contributed by atoms with Crippen molar-refractivity contribution >= 4 is 43.5 Å². The number of aromatic nitrogens is 2. The number of aliphatic imine (C=N–C) groups is 1. The zero-order valence-corrected chi connectivity index (χ0v) is 22.7. The average Bonchev–Trinajstić information content (AvgIpc) is 2.87. The summed E-state index contributed by atoms with van der Waals surface area (Å²) in [7, 11) is -3.86. The number of halogens is 1. The number of ether oxygens (including phenoxy) is 1. The number of hydrogen-bond donors (Lipinski definition) is 3. The van der Waals surface area contributed by atoms with E-state index in [1.54, 1.807) is 42.5 Å². The molecule has 1 heterocycles. The van der Waals surface area contributed by atoms with Crippen LogP contribution in [-0.4, -0.2) is 35.9 Å². The normalized spacial score (nSPS) is 11.6. The van der Waals surface area contributed by atoms with Crippen molar-refractivity contribution in [1.82, 2.24) is 9.55 Å². The Balaban J connectivity index is 1.57. The van der Waals surface area contributed by atoms with Gasteiger partial charge < -0.3 is 9.84 Å². The third-order valence-corrected chi connectivity index (χ3v) is 7.71. The van der Waals surface area contributed by atoms with Gasteiger partial charge in [0.25, 0.3) is 15.6 Å². The first-order valence-electron chi connectivity index (χ1n) is 11.3. The Morgan fingerprint density at radius 1 is 1.08 bits per heavy atom. The van der Waals surface area contributed by atoms with Crippen molar-refractivity contribution in [3.63, 3.8) is 0 Å². The van der Waals surface area contributed by atoms with Crippen molar-refractivity contribution in [1.29, 1.82) is 0 Å². The highest BCUT2D eigenvalue weighted by Gasteiger charge is 2.16. The van der Waals surface area contributed by atoms with Crippen molar-refractivity contribution in [2.24, 2.45) is 4.99 Å². The van der Waals surface area contributed by atoms with Crippen LogP contribution in [0.2, 0.25) is 0 Å². The molecule has 0 aliphatic rings. The lowest BCUT2D eigenvalue weighted by Crippen LogP contribution is -2.31. The van der Waals surface area contributed by atoms with E-state index in [1.807, 2.05) is 13.8 Å². The van der Waals surface area contributed by atoms with E-state index in [2.05, 4.69) is 30.6 Å². The molecule has 196 valence electrons. The Morgan fingerprint density at radius 3 is 2.39 bits per heavy atom. The van der Waals surface area contributed by atoms with Gasteiger partial charge in [0.2, 0.25) is 5.88 Å². The standard InChI is InChI=1S/C26H23BrN4O6S/c1-3-37-20-9-4-18(5-10-20)30-38(35,36)21-11-6-17(7-12-21)28-15-22-24(32)29-26(34)31(25(22)33)19-8-13-23(27)16(2)14-19/h4-15,30,33H,3H2,1-2H3,(H,29,32,34). The smallest absolute Gasteiger partial charge is 0.335 e. The molecule has 0 aliphatic heterocycles. The molecule has 0 atom stereocenters. The molecule has 0 unspecified atom stereocenters. The number of H-pyrrole nitrogens is 1. The molecule has 0 amide bonds. The molecule has 0 bridgehead atoms. The van der Waals surface area contributed by atoms with E-state index >= 15 is 0 Å². The monoisotopic (exact) mass is 598 g/mol. The van der Waals surface area contributed by atoms with Gasteiger partial charge in [0.1, 0.15) is 11.3 Å². The molecular formula is C26H23BrN4O6S. The predicted octanol–water partition coefficient (Wildman–Crippen LogP) is 4.25. The van der Waals surface area contributed by atoms with Crippen LogP contribution in [-0.2, 0) is 10.0 Å². The van der Waals surface area contributed by atoms with Crippen LogP contribution >= 0.6 is 15.9 Å². The molecule has 0 spiro atoms. The molecule has 10 nitrogen and oxygen atoms in total. The molecule has 1 aromatic heterocycles.